The fourth-order valence-corrected chi connectivity index (χ4v) is 4.87. The summed E-state index contributed by atoms with van der Waals surface area (Å²) in [4.78, 5) is 19.4. The van der Waals surface area contributed by atoms with Crippen LogP contribution in [0.15, 0.2) is 6.20 Å². The Bertz CT molecular complexity index is 582. The van der Waals surface area contributed by atoms with E-state index in [-0.39, 0.29) is 6.03 Å². The molecule has 0 aromatic carbocycles. The zero-order valence-electron chi connectivity index (χ0n) is 14.1. The van der Waals surface area contributed by atoms with E-state index >= 15 is 0 Å². The predicted molar refractivity (Wildman–Crippen MR) is 89.4 cm³/mol. The van der Waals surface area contributed by atoms with Gasteiger partial charge in [0.15, 0.2) is 0 Å². The van der Waals surface area contributed by atoms with E-state index in [1.807, 2.05) is 0 Å². The van der Waals surface area contributed by atoms with Crippen molar-refractivity contribution < 1.29 is 4.79 Å². The summed E-state index contributed by atoms with van der Waals surface area (Å²) in [7, 11) is 0. The van der Waals surface area contributed by atoms with Gasteiger partial charge in [0, 0.05) is 37.8 Å². The highest BCUT2D eigenvalue weighted by Gasteiger charge is 2.38. The zero-order valence-corrected chi connectivity index (χ0v) is 14.1. The molecule has 1 aliphatic carbocycles. The molecule has 4 rings (SSSR count). The molecule has 3 aliphatic rings. The van der Waals surface area contributed by atoms with E-state index in [2.05, 4.69) is 32.9 Å². The third-order valence-corrected chi connectivity index (χ3v) is 6.02. The maximum atomic E-state index is 12.6. The van der Waals surface area contributed by atoms with Crippen LogP contribution in [0, 0.1) is 12.8 Å². The van der Waals surface area contributed by atoms with E-state index in [1.54, 1.807) is 0 Å². The Morgan fingerprint density at radius 2 is 2.09 bits per heavy atom. The van der Waals surface area contributed by atoms with Crippen LogP contribution in [0.5, 0.6) is 0 Å². The van der Waals surface area contributed by atoms with Gasteiger partial charge in [-0.25, -0.2) is 9.78 Å². The fourth-order valence-electron chi connectivity index (χ4n) is 4.87. The van der Waals surface area contributed by atoms with Crippen molar-refractivity contribution in [1.29, 1.82) is 0 Å². The molecule has 0 unspecified atom stereocenters. The molecule has 1 N–H and O–H groups in total. The highest BCUT2D eigenvalue weighted by molar-refractivity contribution is 5.75. The number of aromatic nitrogens is 2. The molecule has 2 aliphatic heterocycles. The van der Waals surface area contributed by atoms with Gasteiger partial charge in [-0.15, -0.1) is 0 Å². The molecule has 5 nitrogen and oxygen atoms in total. The minimum Gasteiger partial charge on any atom is -0.337 e. The highest BCUT2D eigenvalue weighted by atomic mass is 16.2. The van der Waals surface area contributed by atoms with E-state index < -0.39 is 0 Å². The van der Waals surface area contributed by atoms with Crippen LogP contribution in [0.4, 0.5) is 4.79 Å². The van der Waals surface area contributed by atoms with Crippen LogP contribution in [-0.2, 0) is 6.54 Å². The quantitative estimate of drug-likeness (QED) is 0.911. The van der Waals surface area contributed by atoms with Gasteiger partial charge in [0.25, 0.3) is 0 Å². The second-order valence-corrected chi connectivity index (χ2v) is 7.55. The molecular weight excluding hydrogens is 288 g/mol. The Balaban J connectivity index is 1.37. The number of nitrogens with zero attached hydrogens (tertiary/aromatic N) is 3. The second-order valence-electron chi connectivity index (χ2n) is 7.55. The fraction of sp³-hybridized carbons (Fsp3) is 0.778. The van der Waals surface area contributed by atoms with Gasteiger partial charge in [0.2, 0.25) is 0 Å². The van der Waals surface area contributed by atoms with Crippen molar-refractivity contribution in [3.8, 4) is 0 Å². The summed E-state index contributed by atoms with van der Waals surface area (Å²) >= 11 is 0. The van der Waals surface area contributed by atoms with E-state index in [9.17, 15) is 4.79 Å². The SMILES string of the molecule is Cc1cn2c(n1)[C@H](CNC(=O)N1CC[C@H]3CCCC[C@H]31)CCC2. The number of carbonyl (C=O) groups excluding carboxylic acids is 1. The summed E-state index contributed by atoms with van der Waals surface area (Å²) in [5, 5.41) is 3.21. The minimum absolute atomic E-state index is 0.153. The van der Waals surface area contributed by atoms with Crippen molar-refractivity contribution in [2.24, 2.45) is 5.92 Å². The lowest BCUT2D eigenvalue weighted by atomic mass is 9.85. The predicted octanol–water partition coefficient (Wildman–Crippen LogP) is 3.04. The number of imidazole rings is 1. The van der Waals surface area contributed by atoms with Gasteiger partial charge >= 0.3 is 6.03 Å². The minimum atomic E-state index is 0.153. The number of rotatable bonds is 2. The lowest BCUT2D eigenvalue weighted by Gasteiger charge is -2.32. The molecule has 3 atom stereocenters. The Morgan fingerprint density at radius 1 is 1.22 bits per heavy atom. The first-order chi connectivity index (χ1) is 11.2. The van der Waals surface area contributed by atoms with Crippen molar-refractivity contribution in [3.63, 3.8) is 0 Å². The monoisotopic (exact) mass is 316 g/mol. The molecule has 0 radical (unpaired) electrons. The number of amides is 2. The number of hydrogen-bond acceptors (Lipinski definition) is 2. The first-order valence-electron chi connectivity index (χ1n) is 9.30. The Labute approximate surface area is 138 Å². The van der Waals surface area contributed by atoms with E-state index in [0.29, 0.717) is 12.0 Å². The molecule has 0 bridgehead atoms. The molecule has 3 heterocycles. The summed E-state index contributed by atoms with van der Waals surface area (Å²) in [6.07, 6.45) is 10.8. The molecule has 2 amide bonds. The van der Waals surface area contributed by atoms with Crippen molar-refractivity contribution in [2.45, 2.75) is 70.4 Å². The number of urea groups is 1. The number of aryl methyl sites for hydroxylation is 2. The topological polar surface area (TPSA) is 50.2 Å². The summed E-state index contributed by atoms with van der Waals surface area (Å²) < 4.78 is 2.27. The summed E-state index contributed by atoms with van der Waals surface area (Å²) in [5.41, 5.74) is 1.09. The summed E-state index contributed by atoms with van der Waals surface area (Å²) in [6, 6.07) is 0.652. The molecule has 1 saturated heterocycles. The van der Waals surface area contributed by atoms with Crippen LogP contribution in [-0.4, -0.2) is 39.6 Å². The van der Waals surface area contributed by atoms with Gasteiger partial charge in [-0.2, -0.15) is 0 Å². The number of hydrogen-bond donors (Lipinski definition) is 1. The van der Waals surface area contributed by atoms with Crippen molar-refractivity contribution in [1.82, 2.24) is 19.8 Å². The molecule has 1 aromatic heterocycles. The molecule has 2 fully saturated rings. The van der Waals surface area contributed by atoms with Crippen molar-refractivity contribution in [2.75, 3.05) is 13.1 Å². The number of nitrogens with one attached hydrogen (secondary N) is 1. The van der Waals surface area contributed by atoms with Crippen LogP contribution < -0.4 is 5.32 Å². The average molecular weight is 316 g/mol. The lowest BCUT2D eigenvalue weighted by Crippen LogP contribution is -2.46. The molecule has 1 aromatic rings. The first-order valence-corrected chi connectivity index (χ1v) is 9.30. The van der Waals surface area contributed by atoms with Gasteiger partial charge in [-0.3, -0.25) is 0 Å². The average Bonchev–Trinajstić information content (AvgIpc) is 3.15. The maximum Gasteiger partial charge on any atom is 0.317 e. The maximum absolute atomic E-state index is 12.6. The van der Waals surface area contributed by atoms with Crippen LogP contribution in [0.25, 0.3) is 0 Å². The number of carbonyl (C=O) groups is 1. The second kappa shape index (κ2) is 6.17. The zero-order chi connectivity index (χ0) is 15.8. The van der Waals surface area contributed by atoms with Gasteiger partial charge < -0.3 is 14.8 Å². The summed E-state index contributed by atoms with van der Waals surface area (Å²) in [5.74, 6) is 2.28. The van der Waals surface area contributed by atoms with Gasteiger partial charge in [-0.05, 0) is 44.9 Å². The van der Waals surface area contributed by atoms with Crippen LogP contribution in [0.2, 0.25) is 0 Å². The molecule has 23 heavy (non-hydrogen) atoms. The van der Waals surface area contributed by atoms with E-state index in [4.69, 9.17) is 0 Å². The van der Waals surface area contributed by atoms with Gasteiger partial charge in [0.05, 0.1) is 5.69 Å². The number of fused-ring (bicyclic) bond motifs is 2. The molecular formula is C18H28N4O. The van der Waals surface area contributed by atoms with Gasteiger partial charge in [-0.1, -0.05) is 12.8 Å². The number of likely N-dealkylation sites (tertiary alicyclic amines) is 1. The van der Waals surface area contributed by atoms with Gasteiger partial charge in [0.1, 0.15) is 5.82 Å². The van der Waals surface area contributed by atoms with Crippen LogP contribution >= 0.6 is 0 Å². The van der Waals surface area contributed by atoms with Crippen molar-refractivity contribution in [3.05, 3.63) is 17.7 Å². The standard InChI is InChI=1S/C18H28N4O/c1-13-12-21-9-4-6-15(17(21)20-13)11-19-18(23)22-10-8-14-5-2-3-7-16(14)22/h12,14-16H,2-11H2,1H3,(H,19,23)/t14-,15+,16-/m1/s1. The third kappa shape index (κ3) is 2.86. The normalized spacial score (nSPS) is 30.0. The first kappa shape index (κ1) is 15.0. The molecule has 5 heteroatoms. The van der Waals surface area contributed by atoms with Crippen LogP contribution in [0.1, 0.15) is 62.4 Å². The van der Waals surface area contributed by atoms with Crippen molar-refractivity contribution >= 4 is 6.03 Å². The largest absolute Gasteiger partial charge is 0.337 e. The lowest BCUT2D eigenvalue weighted by molar-refractivity contribution is 0.169. The molecule has 0 spiro atoms. The van der Waals surface area contributed by atoms with Crippen LogP contribution in [0.3, 0.4) is 0 Å². The molecule has 126 valence electrons. The van der Waals surface area contributed by atoms with E-state index in [0.717, 1.165) is 43.5 Å². The van der Waals surface area contributed by atoms with E-state index in [1.165, 1.54) is 38.5 Å². The Hall–Kier alpha value is -1.52. The third-order valence-electron chi connectivity index (χ3n) is 6.02. The highest BCUT2D eigenvalue weighted by Crippen LogP contribution is 2.36. The summed E-state index contributed by atoms with van der Waals surface area (Å²) in [6.45, 7) is 4.79. The Morgan fingerprint density at radius 3 is 3.00 bits per heavy atom. The Kier molecular flexibility index (Phi) is 4.04. The molecule has 1 saturated carbocycles. The smallest absolute Gasteiger partial charge is 0.317 e.